The highest BCUT2D eigenvalue weighted by molar-refractivity contribution is 6.36. The lowest BCUT2D eigenvalue weighted by Crippen LogP contribution is -2.51. The first-order valence-electron chi connectivity index (χ1n) is 13.7. The summed E-state index contributed by atoms with van der Waals surface area (Å²) in [6.07, 6.45) is 3.49. The van der Waals surface area contributed by atoms with Crippen LogP contribution in [0.25, 0.3) is 21.8 Å². The highest BCUT2D eigenvalue weighted by atomic mass is 35.5. The molecule has 5 rings (SSSR count). The number of aryl methyl sites for hydroxylation is 1. The molecule has 2 amide bonds. The van der Waals surface area contributed by atoms with Gasteiger partial charge in [0.1, 0.15) is 0 Å². The Labute approximate surface area is 247 Å². The zero-order valence-electron chi connectivity index (χ0n) is 22.9. The van der Waals surface area contributed by atoms with Gasteiger partial charge in [-0.25, -0.2) is 4.98 Å². The molecule has 9 nitrogen and oxygen atoms in total. The SMILES string of the molecule is CCc1nc2cc(C(=O)NCC(=O)N3CCC(O)(Cn4cnc5cc(Cl)ccc5c4=O)CC3)ccc2c(Cl)c1CC. The molecule has 4 aromatic rings. The van der Waals surface area contributed by atoms with Crippen molar-refractivity contribution in [3.8, 4) is 0 Å². The molecule has 0 saturated carbocycles. The molecular formula is C30H31Cl2N5O4. The predicted molar refractivity (Wildman–Crippen MR) is 160 cm³/mol. The smallest absolute Gasteiger partial charge is 0.261 e. The van der Waals surface area contributed by atoms with Crippen molar-refractivity contribution in [2.75, 3.05) is 19.6 Å². The number of likely N-dealkylation sites (tertiary alicyclic amines) is 1. The summed E-state index contributed by atoms with van der Waals surface area (Å²) >= 11 is 12.6. The number of hydrogen-bond acceptors (Lipinski definition) is 6. The van der Waals surface area contributed by atoms with Crippen molar-refractivity contribution in [3.63, 3.8) is 0 Å². The number of aliphatic hydroxyl groups is 1. The number of pyridine rings is 1. The molecule has 1 fully saturated rings. The molecule has 3 heterocycles. The van der Waals surface area contributed by atoms with Crippen molar-refractivity contribution in [3.05, 3.63) is 79.9 Å². The van der Waals surface area contributed by atoms with Gasteiger partial charge in [0.25, 0.3) is 11.5 Å². The van der Waals surface area contributed by atoms with E-state index < -0.39 is 5.60 Å². The van der Waals surface area contributed by atoms with Gasteiger partial charge in [0.2, 0.25) is 5.91 Å². The molecule has 0 bridgehead atoms. The van der Waals surface area contributed by atoms with Crippen molar-refractivity contribution < 1.29 is 14.7 Å². The molecule has 41 heavy (non-hydrogen) atoms. The minimum absolute atomic E-state index is 0.0652. The fourth-order valence-electron chi connectivity index (χ4n) is 5.37. The van der Waals surface area contributed by atoms with Gasteiger partial charge in [-0.3, -0.25) is 23.9 Å². The van der Waals surface area contributed by atoms with Gasteiger partial charge in [-0.1, -0.05) is 43.1 Å². The number of hydrogen-bond donors (Lipinski definition) is 2. The lowest BCUT2D eigenvalue weighted by atomic mass is 9.91. The molecule has 1 saturated heterocycles. The maximum absolute atomic E-state index is 12.9. The van der Waals surface area contributed by atoms with Crippen LogP contribution >= 0.6 is 23.2 Å². The van der Waals surface area contributed by atoms with Crippen molar-refractivity contribution in [2.45, 2.75) is 51.7 Å². The summed E-state index contributed by atoms with van der Waals surface area (Å²) in [4.78, 5) is 49.2. The molecule has 214 valence electrons. The van der Waals surface area contributed by atoms with E-state index in [-0.39, 0.29) is 43.3 Å². The van der Waals surface area contributed by atoms with E-state index in [0.717, 1.165) is 29.5 Å². The second kappa shape index (κ2) is 11.8. The number of benzene rings is 2. The van der Waals surface area contributed by atoms with Crippen LogP contribution in [0.2, 0.25) is 10.0 Å². The molecule has 2 aromatic heterocycles. The van der Waals surface area contributed by atoms with Crippen LogP contribution in [0.15, 0.2) is 47.5 Å². The lowest BCUT2D eigenvalue weighted by Gasteiger charge is -2.38. The van der Waals surface area contributed by atoms with Crippen molar-refractivity contribution in [1.29, 1.82) is 0 Å². The van der Waals surface area contributed by atoms with Crippen LogP contribution in [-0.2, 0) is 24.2 Å². The van der Waals surface area contributed by atoms with Crippen LogP contribution in [0.1, 0.15) is 48.3 Å². The molecule has 2 aromatic carbocycles. The Morgan fingerprint density at radius 3 is 2.46 bits per heavy atom. The fourth-order valence-corrected chi connectivity index (χ4v) is 5.94. The summed E-state index contributed by atoms with van der Waals surface area (Å²) in [7, 11) is 0. The number of halogens is 2. The molecular weight excluding hydrogens is 565 g/mol. The molecule has 2 N–H and O–H groups in total. The van der Waals surface area contributed by atoms with Crippen LogP contribution in [0.5, 0.6) is 0 Å². The van der Waals surface area contributed by atoms with E-state index in [9.17, 15) is 19.5 Å². The molecule has 0 aliphatic carbocycles. The average Bonchev–Trinajstić information content (AvgIpc) is 2.97. The number of nitrogens with zero attached hydrogens (tertiary/aromatic N) is 4. The van der Waals surface area contributed by atoms with Crippen LogP contribution in [-0.4, -0.2) is 61.6 Å². The summed E-state index contributed by atoms with van der Waals surface area (Å²) in [6, 6.07) is 10.0. The van der Waals surface area contributed by atoms with Crippen molar-refractivity contribution in [2.24, 2.45) is 0 Å². The highest BCUT2D eigenvalue weighted by Crippen LogP contribution is 2.30. The number of nitrogens with one attached hydrogen (secondary N) is 1. The molecule has 0 atom stereocenters. The summed E-state index contributed by atoms with van der Waals surface area (Å²) in [5.41, 5.74) is 2.03. The third kappa shape index (κ3) is 5.93. The zero-order valence-corrected chi connectivity index (χ0v) is 24.4. The summed E-state index contributed by atoms with van der Waals surface area (Å²) < 4.78 is 1.39. The van der Waals surface area contributed by atoms with Crippen LogP contribution in [0, 0.1) is 0 Å². The van der Waals surface area contributed by atoms with Crippen molar-refractivity contribution in [1.82, 2.24) is 24.8 Å². The van der Waals surface area contributed by atoms with Crippen molar-refractivity contribution >= 4 is 56.8 Å². The number of piperidine rings is 1. The lowest BCUT2D eigenvalue weighted by molar-refractivity contribution is -0.134. The maximum atomic E-state index is 12.9. The van der Waals surface area contributed by atoms with Gasteiger partial charge >= 0.3 is 0 Å². The van der Waals surface area contributed by atoms with Gasteiger partial charge in [0.05, 0.1) is 46.5 Å². The number of aromatic nitrogens is 3. The molecule has 0 spiro atoms. The fraction of sp³-hybridized carbons (Fsp3) is 0.367. The van der Waals surface area contributed by atoms with E-state index in [1.807, 2.05) is 13.8 Å². The Balaban J connectivity index is 1.19. The molecule has 11 heteroatoms. The first kappa shape index (κ1) is 29.0. The van der Waals surface area contributed by atoms with Gasteiger partial charge in [0.15, 0.2) is 0 Å². The maximum Gasteiger partial charge on any atom is 0.261 e. The Hall–Kier alpha value is -3.53. The van der Waals surface area contributed by atoms with Gasteiger partial charge in [-0.2, -0.15) is 0 Å². The van der Waals surface area contributed by atoms with Gasteiger partial charge in [-0.15, -0.1) is 0 Å². The Morgan fingerprint density at radius 2 is 1.76 bits per heavy atom. The average molecular weight is 597 g/mol. The number of carbonyl (C=O) groups is 2. The van der Waals surface area contributed by atoms with Gasteiger partial charge in [-0.05, 0) is 61.6 Å². The normalized spacial score (nSPS) is 14.9. The molecule has 1 aliphatic heterocycles. The Kier molecular flexibility index (Phi) is 8.31. The Bertz CT molecular complexity index is 1710. The number of carbonyl (C=O) groups excluding carboxylic acids is 2. The predicted octanol–water partition coefficient (Wildman–Crippen LogP) is 4.16. The standard InChI is InChI=1S/C30H31Cl2N5O4/c1-3-20-23(4-2)35-25-13-18(5-7-21(25)27(20)32)28(39)33-15-26(38)36-11-9-30(41,10-12-36)16-37-17-34-24-14-19(31)6-8-22(24)29(37)40/h5-8,13-14,17,41H,3-4,9-12,15-16H2,1-2H3,(H,33,39). The van der Waals surface area contributed by atoms with Crippen LogP contribution in [0.4, 0.5) is 0 Å². The quantitative estimate of drug-likeness (QED) is 0.331. The largest absolute Gasteiger partial charge is 0.388 e. The number of rotatable bonds is 7. The van der Waals surface area contributed by atoms with Crippen LogP contribution < -0.4 is 10.9 Å². The van der Waals surface area contributed by atoms with E-state index in [2.05, 4.69) is 10.3 Å². The van der Waals surface area contributed by atoms with E-state index in [0.29, 0.717) is 45.1 Å². The van der Waals surface area contributed by atoms with E-state index >= 15 is 0 Å². The summed E-state index contributed by atoms with van der Waals surface area (Å²) in [5.74, 6) is -0.626. The van der Waals surface area contributed by atoms with E-state index in [1.54, 1.807) is 41.3 Å². The van der Waals surface area contributed by atoms with Gasteiger partial charge in [0, 0.05) is 34.8 Å². The second-order valence-electron chi connectivity index (χ2n) is 10.4. The van der Waals surface area contributed by atoms with Gasteiger partial charge < -0.3 is 15.3 Å². The minimum atomic E-state index is -1.17. The summed E-state index contributed by atoms with van der Waals surface area (Å²) in [5, 5.41) is 16.2. The molecule has 1 aliphatic rings. The molecule has 0 unspecified atom stereocenters. The highest BCUT2D eigenvalue weighted by Gasteiger charge is 2.34. The molecule has 0 radical (unpaired) electrons. The monoisotopic (exact) mass is 595 g/mol. The summed E-state index contributed by atoms with van der Waals surface area (Å²) in [6.45, 7) is 4.55. The van der Waals surface area contributed by atoms with Crippen LogP contribution in [0.3, 0.4) is 0 Å². The second-order valence-corrected chi connectivity index (χ2v) is 11.2. The third-order valence-corrected chi connectivity index (χ3v) is 8.42. The number of amides is 2. The number of fused-ring (bicyclic) bond motifs is 2. The first-order valence-corrected chi connectivity index (χ1v) is 14.4. The zero-order chi connectivity index (χ0) is 29.3. The van der Waals surface area contributed by atoms with E-state index in [4.69, 9.17) is 28.2 Å². The Morgan fingerprint density at radius 1 is 1.02 bits per heavy atom. The first-order chi connectivity index (χ1) is 19.6. The minimum Gasteiger partial charge on any atom is -0.388 e. The third-order valence-electron chi connectivity index (χ3n) is 7.75. The topological polar surface area (TPSA) is 117 Å². The van der Waals surface area contributed by atoms with E-state index in [1.165, 1.54) is 10.9 Å².